The van der Waals surface area contributed by atoms with Crippen LogP contribution in [0, 0.1) is 12.8 Å². The second-order valence-corrected chi connectivity index (χ2v) is 12.2. The number of aromatic amines is 1. The fourth-order valence-electron chi connectivity index (χ4n) is 4.84. The number of anilines is 1. The van der Waals surface area contributed by atoms with Crippen LogP contribution in [0.3, 0.4) is 0 Å². The molecule has 2 aliphatic rings. The Balaban J connectivity index is 1.32. The second-order valence-electron chi connectivity index (χ2n) is 9.08. The number of nitrogens with zero attached hydrogens (tertiary/aromatic N) is 1. The number of nitrogens with one attached hydrogen (secondary N) is 1. The lowest BCUT2D eigenvalue weighted by Gasteiger charge is -2.29. The molecule has 0 bridgehead atoms. The number of carbonyl (C=O) groups excluding carboxylic acids is 2. The van der Waals surface area contributed by atoms with Crippen molar-refractivity contribution in [2.24, 2.45) is 5.92 Å². The van der Waals surface area contributed by atoms with E-state index in [1.165, 1.54) is 22.2 Å². The molecule has 0 radical (unpaired) electrons. The Kier molecular flexibility index (Phi) is 6.30. The first kappa shape index (κ1) is 24.2. The van der Waals surface area contributed by atoms with Crippen LogP contribution in [-0.4, -0.2) is 22.0 Å². The molecule has 3 heterocycles. The van der Waals surface area contributed by atoms with Crippen LogP contribution in [0.15, 0.2) is 87.1 Å². The third-order valence-electron chi connectivity index (χ3n) is 6.67. The summed E-state index contributed by atoms with van der Waals surface area (Å²) in [6, 6.07) is 22.9. The van der Waals surface area contributed by atoms with E-state index in [9.17, 15) is 14.4 Å². The summed E-state index contributed by atoms with van der Waals surface area (Å²) >= 11 is 5.79. The molecule has 1 N–H and O–H groups in total. The van der Waals surface area contributed by atoms with Crippen LogP contribution in [-0.2, 0) is 16.2 Å². The number of benzene rings is 3. The Hall–Kier alpha value is -3.14. The number of H-pyrrole nitrogens is 1. The number of fused-ring (bicyclic) bond motifs is 2. The van der Waals surface area contributed by atoms with Crippen LogP contribution in [0.4, 0.5) is 5.69 Å². The third-order valence-corrected chi connectivity index (χ3v) is 9.60. The van der Waals surface area contributed by atoms with Gasteiger partial charge in [0.15, 0.2) is 0 Å². The van der Waals surface area contributed by atoms with Gasteiger partial charge in [-0.3, -0.25) is 14.4 Å². The smallest absolute Gasteiger partial charge is 0.305 e. The van der Waals surface area contributed by atoms with Crippen LogP contribution in [0.5, 0.6) is 5.75 Å². The summed E-state index contributed by atoms with van der Waals surface area (Å²) < 4.78 is 6.83. The average Bonchev–Trinajstić information content (AvgIpc) is 3.39. The van der Waals surface area contributed by atoms with E-state index < -0.39 is 17.1 Å². The number of thiazole rings is 1. The zero-order valence-corrected chi connectivity index (χ0v) is 22.9. The van der Waals surface area contributed by atoms with Crippen molar-refractivity contribution in [3.05, 3.63) is 109 Å². The largest absolute Gasteiger partial charge is 0.489 e. The minimum absolute atomic E-state index is 0.190. The molecular weight excluding hydrogens is 572 g/mol. The summed E-state index contributed by atoms with van der Waals surface area (Å²) in [6.07, 6.45) is 0. The van der Waals surface area contributed by atoms with Gasteiger partial charge in [-0.25, -0.2) is 4.90 Å². The molecule has 3 atom stereocenters. The van der Waals surface area contributed by atoms with Gasteiger partial charge in [0.25, 0.3) is 0 Å². The van der Waals surface area contributed by atoms with E-state index in [1.54, 1.807) is 12.1 Å². The zero-order chi connectivity index (χ0) is 25.7. The molecule has 9 heteroatoms. The highest BCUT2D eigenvalue weighted by Crippen LogP contribution is 2.53. The first-order chi connectivity index (χ1) is 17.9. The molecule has 1 saturated heterocycles. The minimum Gasteiger partial charge on any atom is -0.489 e. The average molecular weight is 594 g/mol. The summed E-state index contributed by atoms with van der Waals surface area (Å²) in [5.74, 6) is -0.824. The van der Waals surface area contributed by atoms with Gasteiger partial charge in [0, 0.05) is 15.3 Å². The van der Waals surface area contributed by atoms with Crippen molar-refractivity contribution in [2.45, 2.75) is 29.7 Å². The SMILES string of the molecule is Cc1ccc(COc2ccc(C3c4sc(=O)[nH]c4SC4C(=O)N(c5ccc(Br)cc5)C(=O)C43)cc2)cc1. The van der Waals surface area contributed by atoms with Crippen LogP contribution in [0.2, 0.25) is 0 Å². The van der Waals surface area contributed by atoms with Crippen molar-refractivity contribution in [1.29, 1.82) is 0 Å². The molecule has 1 aromatic heterocycles. The molecule has 4 aromatic rings. The van der Waals surface area contributed by atoms with Gasteiger partial charge in [0.05, 0.1) is 16.6 Å². The molecule has 186 valence electrons. The van der Waals surface area contributed by atoms with E-state index in [2.05, 4.69) is 33.0 Å². The molecule has 0 saturated carbocycles. The Labute approximate surface area is 229 Å². The number of amides is 2. The maximum atomic E-state index is 13.8. The van der Waals surface area contributed by atoms with Gasteiger partial charge >= 0.3 is 4.87 Å². The predicted molar refractivity (Wildman–Crippen MR) is 149 cm³/mol. The van der Waals surface area contributed by atoms with E-state index in [1.807, 2.05) is 55.5 Å². The van der Waals surface area contributed by atoms with E-state index in [-0.39, 0.29) is 16.7 Å². The van der Waals surface area contributed by atoms with Crippen LogP contribution in [0.1, 0.15) is 27.5 Å². The number of aryl methyl sites for hydroxylation is 1. The van der Waals surface area contributed by atoms with Crippen molar-refractivity contribution in [2.75, 3.05) is 4.90 Å². The van der Waals surface area contributed by atoms with Gasteiger partial charge in [-0.05, 0) is 54.4 Å². The number of aromatic nitrogens is 1. The lowest BCUT2D eigenvalue weighted by Crippen LogP contribution is -2.32. The maximum Gasteiger partial charge on any atom is 0.305 e. The number of rotatable bonds is 5. The number of imide groups is 1. The van der Waals surface area contributed by atoms with Gasteiger partial charge in [-0.1, -0.05) is 81.0 Å². The Morgan fingerprint density at radius 2 is 1.62 bits per heavy atom. The van der Waals surface area contributed by atoms with E-state index in [4.69, 9.17) is 4.74 Å². The molecule has 1 fully saturated rings. The second kappa shape index (κ2) is 9.63. The molecule has 6 nitrogen and oxygen atoms in total. The van der Waals surface area contributed by atoms with Gasteiger partial charge in [0.2, 0.25) is 11.8 Å². The number of ether oxygens (including phenoxy) is 1. The molecule has 2 aliphatic heterocycles. The first-order valence-corrected chi connectivity index (χ1v) is 14.2. The number of halogens is 1. The molecular formula is C28H21BrN2O4S2. The predicted octanol–water partition coefficient (Wildman–Crippen LogP) is 5.88. The number of hydrogen-bond acceptors (Lipinski definition) is 6. The lowest BCUT2D eigenvalue weighted by molar-refractivity contribution is -0.122. The summed E-state index contributed by atoms with van der Waals surface area (Å²) in [7, 11) is 0. The summed E-state index contributed by atoms with van der Waals surface area (Å²) in [4.78, 5) is 44.3. The standard InChI is InChI=1S/C28H21BrN2O4S2/c1-15-2-4-16(5-3-15)14-35-20-12-6-17(7-13-20)21-22-24(36-25-23(21)37-28(34)30-25)27(33)31(26(22)32)19-10-8-18(29)9-11-19/h2-13,21-22,24H,14H2,1H3,(H,30,34). The molecule has 37 heavy (non-hydrogen) atoms. The highest BCUT2D eigenvalue weighted by atomic mass is 79.9. The lowest BCUT2D eigenvalue weighted by atomic mass is 9.83. The zero-order valence-electron chi connectivity index (χ0n) is 19.6. The summed E-state index contributed by atoms with van der Waals surface area (Å²) in [5.41, 5.74) is 3.69. The quantitative estimate of drug-likeness (QED) is 0.293. The monoisotopic (exact) mass is 592 g/mol. The first-order valence-electron chi connectivity index (χ1n) is 11.7. The summed E-state index contributed by atoms with van der Waals surface area (Å²) in [6.45, 7) is 2.49. The van der Waals surface area contributed by atoms with E-state index in [0.717, 1.165) is 31.8 Å². The molecule has 0 spiro atoms. The fraction of sp³-hybridized carbons (Fsp3) is 0.179. The minimum atomic E-state index is -0.614. The molecule has 3 aromatic carbocycles. The third kappa shape index (κ3) is 4.45. The Morgan fingerprint density at radius 1 is 0.919 bits per heavy atom. The molecule has 6 rings (SSSR count). The van der Waals surface area contributed by atoms with Gasteiger partial charge in [-0.2, -0.15) is 0 Å². The van der Waals surface area contributed by atoms with Crippen molar-refractivity contribution >= 4 is 56.5 Å². The van der Waals surface area contributed by atoms with Crippen molar-refractivity contribution in [1.82, 2.24) is 4.98 Å². The molecule has 2 amide bonds. The van der Waals surface area contributed by atoms with Crippen molar-refractivity contribution in [3.63, 3.8) is 0 Å². The topological polar surface area (TPSA) is 79.5 Å². The maximum absolute atomic E-state index is 13.8. The van der Waals surface area contributed by atoms with Crippen molar-refractivity contribution < 1.29 is 14.3 Å². The Morgan fingerprint density at radius 3 is 2.32 bits per heavy atom. The fourth-order valence-corrected chi connectivity index (χ4v) is 7.62. The van der Waals surface area contributed by atoms with Gasteiger partial charge in [0.1, 0.15) is 17.6 Å². The van der Waals surface area contributed by atoms with E-state index >= 15 is 0 Å². The van der Waals surface area contributed by atoms with E-state index in [0.29, 0.717) is 23.1 Å². The highest BCUT2D eigenvalue weighted by molar-refractivity contribution is 9.10. The Bertz CT molecular complexity index is 1550. The number of hydrogen-bond donors (Lipinski definition) is 1. The number of carbonyl (C=O) groups is 2. The number of thioether (sulfide) groups is 1. The molecule has 0 aliphatic carbocycles. The summed E-state index contributed by atoms with van der Waals surface area (Å²) in [5, 5.41) is 0.0520. The van der Waals surface area contributed by atoms with Crippen LogP contribution in [0.25, 0.3) is 0 Å². The van der Waals surface area contributed by atoms with Crippen molar-refractivity contribution in [3.8, 4) is 5.75 Å². The molecule has 3 unspecified atom stereocenters. The van der Waals surface area contributed by atoms with Crippen LogP contribution >= 0.6 is 39.0 Å². The highest BCUT2D eigenvalue weighted by Gasteiger charge is 2.56. The normalized spacial score (nSPS) is 20.6. The van der Waals surface area contributed by atoms with Crippen LogP contribution < -0.4 is 14.5 Å². The van der Waals surface area contributed by atoms with Gasteiger partial charge in [-0.15, -0.1) is 0 Å². The van der Waals surface area contributed by atoms with Gasteiger partial charge < -0.3 is 9.72 Å².